The van der Waals surface area contributed by atoms with Gasteiger partial charge in [-0.25, -0.2) is 0 Å². The van der Waals surface area contributed by atoms with E-state index in [1.807, 2.05) is 30.3 Å². The van der Waals surface area contributed by atoms with E-state index in [1.54, 1.807) is 13.2 Å². The van der Waals surface area contributed by atoms with Gasteiger partial charge in [0.1, 0.15) is 5.75 Å². The molecular weight excluding hydrogens is 447 g/mol. The van der Waals surface area contributed by atoms with Crippen LogP contribution < -0.4 is 20.7 Å². The molecule has 0 atom stereocenters. The van der Waals surface area contributed by atoms with Crippen LogP contribution in [0.25, 0.3) is 0 Å². The van der Waals surface area contributed by atoms with Gasteiger partial charge in [0.2, 0.25) is 12.2 Å². The number of carbonyl (C=O) groups is 1. The second kappa shape index (κ2) is 10.9. The Morgan fingerprint density at radius 3 is 2.41 bits per heavy atom. The number of para-hydroxylation sites is 1. The number of hydrogen-bond acceptors (Lipinski definition) is 4. The minimum Gasteiger partial charge on any atom is -0.405 e. The molecule has 10 heteroatoms. The first-order chi connectivity index (χ1) is 16.3. The van der Waals surface area contributed by atoms with Crippen molar-refractivity contribution in [3.63, 3.8) is 0 Å². The lowest BCUT2D eigenvalue weighted by molar-refractivity contribution is -0.274. The first-order valence-corrected chi connectivity index (χ1v) is 10.9. The Morgan fingerprint density at radius 1 is 1.15 bits per heavy atom. The van der Waals surface area contributed by atoms with Crippen molar-refractivity contribution >= 4 is 11.9 Å². The van der Waals surface area contributed by atoms with Crippen molar-refractivity contribution in [2.45, 2.75) is 43.5 Å². The summed E-state index contributed by atoms with van der Waals surface area (Å²) in [5.41, 5.74) is 0.485. The van der Waals surface area contributed by atoms with Gasteiger partial charge in [0, 0.05) is 25.0 Å². The van der Waals surface area contributed by atoms with Crippen LogP contribution >= 0.6 is 0 Å². The van der Waals surface area contributed by atoms with Crippen molar-refractivity contribution in [3.05, 3.63) is 65.7 Å². The lowest BCUT2D eigenvalue weighted by Crippen LogP contribution is -2.49. The lowest BCUT2D eigenvalue weighted by Gasteiger charge is -2.41. The quantitative estimate of drug-likeness (QED) is 0.336. The summed E-state index contributed by atoms with van der Waals surface area (Å²) in [6, 6.07) is 15.1. The number of carbonyl (C=O) groups excluding carboxylic acids is 1. The van der Waals surface area contributed by atoms with Crippen LogP contribution in [0.2, 0.25) is 0 Å². The number of rotatable bonds is 6. The number of nitriles is 1. The van der Waals surface area contributed by atoms with Crippen LogP contribution in [0.1, 0.15) is 41.6 Å². The number of alkyl halides is 3. The first kappa shape index (κ1) is 24.9. The zero-order valence-electron chi connectivity index (χ0n) is 18.7. The SMILES string of the molecule is CN/C(=N\C#N)N[C@H]1CC[C@](CNC(=O)c2ccccc2OC(F)(F)F)(c2ccccc2)CC1. The molecule has 2 aromatic rings. The fraction of sp³-hybridized carbons (Fsp3) is 0.375. The van der Waals surface area contributed by atoms with Gasteiger partial charge in [-0.05, 0) is 43.4 Å². The number of ether oxygens (including phenoxy) is 1. The van der Waals surface area contributed by atoms with Crippen LogP contribution in [-0.2, 0) is 5.41 Å². The molecule has 1 aliphatic carbocycles. The number of benzene rings is 2. The molecule has 180 valence electrons. The third-order valence-electron chi connectivity index (χ3n) is 6.01. The Morgan fingerprint density at radius 2 is 1.79 bits per heavy atom. The van der Waals surface area contributed by atoms with E-state index in [9.17, 15) is 18.0 Å². The minimum absolute atomic E-state index is 0.0907. The van der Waals surface area contributed by atoms with Gasteiger partial charge < -0.3 is 20.7 Å². The van der Waals surface area contributed by atoms with Gasteiger partial charge >= 0.3 is 6.36 Å². The third kappa shape index (κ3) is 6.41. The second-order valence-corrected chi connectivity index (χ2v) is 8.10. The summed E-state index contributed by atoms with van der Waals surface area (Å²) in [6.45, 7) is 0.258. The average Bonchev–Trinajstić information content (AvgIpc) is 2.83. The summed E-state index contributed by atoms with van der Waals surface area (Å²) in [4.78, 5) is 16.6. The summed E-state index contributed by atoms with van der Waals surface area (Å²) < 4.78 is 42.3. The normalized spacial score (nSPS) is 20.7. The predicted molar refractivity (Wildman–Crippen MR) is 121 cm³/mol. The maximum Gasteiger partial charge on any atom is 0.573 e. The fourth-order valence-electron chi connectivity index (χ4n) is 4.29. The highest BCUT2D eigenvalue weighted by atomic mass is 19.4. The van der Waals surface area contributed by atoms with E-state index in [1.165, 1.54) is 18.2 Å². The second-order valence-electron chi connectivity index (χ2n) is 8.10. The number of halogens is 3. The molecule has 0 bridgehead atoms. The Balaban J connectivity index is 1.75. The van der Waals surface area contributed by atoms with Crippen LogP contribution in [-0.4, -0.2) is 37.9 Å². The maximum absolute atomic E-state index is 12.9. The smallest absolute Gasteiger partial charge is 0.405 e. The highest BCUT2D eigenvalue weighted by molar-refractivity contribution is 5.97. The Bertz CT molecular complexity index is 1040. The van der Waals surface area contributed by atoms with Gasteiger partial charge in [-0.15, -0.1) is 18.2 Å². The zero-order chi connectivity index (χ0) is 24.6. The number of nitrogens with one attached hydrogen (secondary N) is 3. The molecule has 0 aliphatic heterocycles. The van der Waals surface area contributed by atoms with Gasteiger partial charge in [0.25, 0.3) is 5.91 Å². The van der Waals surface area contributed by atoms with Crippen LogP contribution in [0.3, 0.4) is 0 Å². The van der Waals surface area contributed by atoms with E-state index in [0.29, 0.717) is 5.96 Å². The van der Waals surface area contributed by atoms with E-state index >= 15 is 0 Å². The molecule has 3 N–H and O–H groups in total. The van der Waals surface area contributed by atoms with Crippen LogP contribution in [0.4, 0.5) is 13.2 Å². The van der Waals surface area contributed by atoms with Crippen molar-refractivity contribution in [3.8, 4) is 11.9 Å². The molecule has 1 fully saturated rings. The zero-order valence-corrected chi connectivity index (χ0v) is 18.7. The number of amides is 1. The highest BCUT2D eigenvalue weighted by Crippen LogP contribution is 2.39. The molecule has 0 unspecified atom stereocenters. The molecular formula is C24H26F3N5O2. The minimum atomic E-state index is -4.89. The molecule has 0 saturated heterocycles. The molecule has 3 rings (SSSR count). The average molecular weight is 473 g/mol. The monoisotopic (exact) mass is 473 g/mol. The third-order valence-corrected chi connectivity index (χ3v) is 6.01. The summed E-state index contributed by atoms with van der Waals surface area (Å²) in [5.74, 6) is -0.770. The fourth-order valence-corrected chi connectivity index (χ4v) is 4.29. The predicted octanol–water partition coefficient (Wildman–Crippen LogP) is 3.84. The molecule has 0 radical (unpaired) electrons. The van der Waals surface area contributed by atoms with Crippen molar-refractivity contribution in [1.29, 1.82) is 5.26 Å². The number of guanidine groups is 1. The first-order valence-electron chi connectivity index (χ1n) is 10.9. The Labute approximate surface area is 196 Å². The van der Waals surface area contributed by atoms with E-state index < -0.39 is 18.0 Å². The van der Waals surface area contributed by atoms with Crippen LogP contribution in [0.5, 0.6) is 5.75 Å². The highest BCUT2D eigenvalue weighted by Gasteiger charge is 2.38. The van der Waals surface area contributed by atoms with Crippen molar-refractivity contribution in [2.75, 3.05) is 13.6 Å². The van der Waals surface area contributed by atoms with Gasteiger partial charge in [0.15, 0.2) is 0 Å². The largest absolute Gasteiger partial charge is 0.573 e. The molecule has 0 aromatic heterocycles. The summed E-state index contributed by atoms with van der Waals surface area (Å²) in [6.07, 6.45) is -0.190. The van der Waals surface area contributed by atoms with Crippen molar-refractivity contribution in [1.82, 2.24) is 16.0 Å². The van der Waals surface area contributed by atoms with E-state index in [4.69, 9.17) is 5.26 Å². The van der Waals surface area contributed by atoms with E-state index in [0.717, 1.165) is 37.3 Å². The molecule has 1 aliphatic rings. The summed E-state index contributed by atoms with van der Waals surface area (Å²) in [5, 5.41) is 17.7. The summed E-state index contributed by atoms with van der Waals surface area (Å²) in [7, 11) is 1.68. The molecule has 0 heterocycles. The van der Waals surface area contributed by atoms with Gasteiger partial charge in [-0.1, -0.05) is 42.5 Å². The lowest BCUT2D eigenvalue weighted by atomic mass is 9.68. The van der Waals surface area contributed by atoms with E-state index in [-0.39, 0.29) is 23.6 Å². The number of hydrogen-bond donors (Lipinski definition) is 3. The van der Waals surface area contributed by atoms with Crippen LogP contribution in [0.15, 0.2) is 59.6 Å². The molecule has 1 saturated carbocycles. The molecule has 0 spiro atoms. The van der Waals surface area contributed by atoms with Crippen molar-refractivity contribution < 1.29 is 22.7 Å². The topological polar surface area (TPSA) is 98.5 Å². The van der Waals surface area contributed by atoms with Gasteiger partial charge in [-0.2, -0.15) is 5.26 Å². The summed E-state index contributed by atoms with van der Waals surface area (Å²) >= 11 is 0. The Kier molecular flexibility index (Phi) is 7.99. The number of nitrogens with zero attached hydrogens (tertiary/aromatic N) is 2. The molecule has 1 amide bonds. The van der Waals surface area contributed by atoms with Gasteiger partial charge in [0.05, 0.1) is 5.56 Å². The Hall–Kier alpha value is -3.74. The van der Waals surface area contributed by atoms with Crippen LogP contribution in [0, 0.1) is 11.5 Å². The van der Waals surface area contributed by atoms with Gasteiger partial charge in [-0.3, -0.25) is 4.79 Å². The maximum atomic E-state index is 12.9. The molecule has 7 nitrogen and oxygen atoms in total. The van der Waals surface area contributed by atoms with Crippen molar-refractivity contribution in [2.24, 2.45) is 4.99 Å². The van der Waals surface area contributed by atoms with E-state index in [2.05, 4.69) is 25.7 Å². The molecule has 34 heavy (non-hydrogen) atoms. The standard InChI is InChI=1S/C24H26F3N5O2/c1-29-22(31-16-28)32-18-11-13-23(14-12-18,17-7-3-2-4-8-17)15-30-21(33)19-9-5-6-10-20(19)34-24(25,26)27/h2-10,18H,11-15H2,1H3,(H,30,33)(H2,29,31,32)/t18-,23-. The number of aliphatic imine (C=N–C) groups is 1. The molecule has 2 aromatic carbocycles.